The molecule has 1 spiro atoms. The molecule has 1 aromatic carbocycles. The van der Waals surface area contributed by atoms with Gasteiger partial charge in [-0.3, -0.25) is 9.69 Å². The van der Waals surface area contributed by atoms with Crippen LogP contribution in [0.5, 0.6) is 0 Å². The highest BCUT2D eigenvalue weighted by atomic mass is 35.5. The topological polar surface area (TPSA) is 78.9 Å². The maximum absolute atomic E-state index is 13.1. The highest BCUT2D eigenvalue weighted by Gasteiger charge is 2.56. The Labute approximate surface area is 171 Å². The molecular formula is C21H29ClN2O4. The first-order valence-electron chi connectivity index (χ1n) is 9.75. The minimum Gasteiger partial charge on any atom is -0.389 e. The molecule has 1 saturated heterocycles. The molecule has 3 amide bonds. The van der Waals surface area contributed by atoms with Crippen molar-refractivity contribution in [1.29, 1.82) is 0 Å². The van der Waals surface area contributed by atoms with Gasteiger partial charge in [0.2, 0.25) is 0 Å². The molecule has 1 heterocycles. The van der Waals surface area contributed by atoms with E-state index in [9.17, 15) is 14.7 Å². The van der Waals surface area contributed by atoms with Crippen LogP contribution in [0.4, 0.5) is 4.79 Å². The molecule has 7 heteroatoms. The highest BCUT2D eigenvalue weighted by molar-refractivity contribution is 6.31. The lowest BCUT2D eigenvalue weighted by molar-refractivity contribution is -0.136. The van der Waals surface area contributed by atoms with E-state index in [1.807, 2.05) is 18.2 Å². The number of hydrogen-bond acceptors (Lipinski definition) is 4. The molecule has 6 nitrogen and oxygen atoms in total. The zero-order chi connectivity index (χ0) is 20.5. The molecule has 1 aromatic rings. The second-order valence-electron chi connectivity index (χ2n) is 9.04. The van der Waals surface area contributed by atoms with E-state index in [4.69, 9.17) is 16.3 Å². The Kier molecular flexibility index (Phi) is 6.03. The maximum atomic E-state index is 13.1. The van der Waals surface area contributed by atoms with Crippen molar-refractivity contribution in [3.05, 3.63) is 34.9 Å². The quantitative estimate of drug-likeness (QED) is 0.707. The third kappa shape index (κ3) is 4.50. The van der Waals surface area contributed by atoms with Gasteiger partial charge < -0.3 is 15.2 Å². The third-order valence-corrected chi connectivity index (χ3v) is 5.91. The van der Waals surface area contributed by atoms with Crippen molar-refractivity contribution in [2.24, 2.45) is 11.3 Å². The number of amides is 3. The largest absolute Gasteiger partial charge is 0.389 e. The van der Waals surface area contributed by atoms with Gasteiger partial charge in [-0.2, -0.15) is 0 Å². The van der Waals surface area contributed by atoms with Crippen molar-refractivity contribution in [1.82, 2.24) is 10.2 Å². The van der Waals surface area contributed by atoms with Gasteiger partial charge >= 0.3 is 6.03 Å². The van der Waals surface area contributed by atoms with Gasteiger partial charge in [-0.25, -0.2) is 4.79 Å². The molecule has 0 bridgehead atoms. The summed E-state index contributed by atoms with van der Waals surface area (Å²) >= 11 is 6.08. The van der Waals surface area contributed by atoms with E-state index < -0.39 is 17.7 Å². The first kappa shape index (κ1) is 21.1. The molecule has 1 aliphatic carbocycles. The number of ether oxygens (including phenoxy) is 1. The van der Waals surface area contributed by atoms with Crippen LogP contribution in [0.3, 0.4) is 0 Å². The van der Waals surface area contributed by atoms with Crippen LogP contribution < -0.4 is 5.32 Å². The Bertz CT molecular complexity index is 754. The molecule has 0 unspecified atom stereocenters. The van der Waals surface area contributed by atoms with Crippen molar-refractivity contribution in [3.63, 3.8) is 0 Å². The summed E-state index contributed by atoms with van der Waals surface area (Å²) < 4.78 is 5.53. The Morgan fingerprint density at radius 1 is 1.32 bits per heavy atom. The van der Waals surface area contributed by atoms with E-state index in [2.05, 4.69) is 26.1 Å². The van der Waals surface area contributed by atoms with Crippen LogP contribution in [-0.2, 0) is 16.1 Å². The standard InChI is InChI=1S/C21H29ClN2O4/c1-14-8-20(2,3)13-21(9-14)18(26)24(19(27)23-21)10-16(25)12-28-11-15-6-4-5-7-17(15)22/h4-7,14,16,25H,8-13H2,1-3H3,(H,23,27)/t14-,16+,21-/m1/s1. The Balaban J connectivity index is 1.57. The molecule has 2 N–H and O–H groups in total. The van der Waals surface area contributed by atoms with Crippen molar-refractivity contribution >= 4 is 23.5 Å². The van der Waals surface area contributed by atoms with Gasteiger partial charge in [0.05, 0.1) is 25.9 Å². The third-order valence-electron chi connectivity index (χ3n) is 5.54. The number of rotatable bonds is 6. The fraction of sp³-hybridized carbons (Fsp3) is 0.619. The fourth-order valence-corrected chi connectivity index (χ4v) is 5.05. The van der Waals surface area contributed by atoms with Crippen LogP contribution in [0, 0.1) is 11.3 Å². The van der Waals surface area contributed by atoms with E-state index in [0.29, 0.717) is 23.8 Å². The Morgan fingerprint density at radius 2 is 2.04 bits per heavy atom. The predicted molar refractivity (Wildman–Crippen MR) is 107 cm³/mol. The van der Waals surface area contributed by atoms with Crippen molar-refractivity contribution in [2.45, 2.75) is 58.3 Å². The fourth-order valence-electron chi connectivity index (χ4n) is 4.86. The Morgan fingerprint density at radius 3 is 2.71 bits per heavy atom. The monoisotopic (exact) mass is 408 g/mol. The van der Waals surface area contributed by atoms with Crippen LogP contribution in [0.15, 0.2) is 24.3 Å². The number of carbonyl (C=O) groups is 2. The molecule has 0 aromatic heterocycles. The van der Waals surface area contributed by atoms with Crippen molar-refractivity contribution in [2.75, 3.05) is 13.2 Å². The number of nitrogens with zero attached hydrogens (tertiary/aromatic N) is 1. The molecule has 1 aliphatic heterocycles. The first-order chi connectivity index (χ1) is 13.1. The normalized spacial score (nSPS) is 27.9. The van der Waals surface area contributed by atoms with Crippen LogP contribution >= 0.6 is 11.6 Å². The zero-order valence-corrected chi connectivity index (χ0v) is 17.5. The van der Waals surface area contributed by atoms with Crippen LogP contribution in [0.1, 0.15) is 45.6 Å². The molecule has 2 aliphatic rings. The van der Waals surface area contributed by atoms with Crippen LogP contribution in [0.25, 0.3) is 0 Å². The highest BCUT2D eigenvalue weighted by Crippen LogP contribution is 2.46. The van der Waals surface area contributed by atoms with Crippen molar-refractivity contribution < 1.29 is 19.4 Å². The van der Waals surface area contributed by atoms with E-state index in [1.54, 1.807) is 6.07 Å². The number of carbonyl (C=O) groups excluding carboxylic acids is 2. The minimum absolute atomic E-state index is 0.0111. The van der Waals surface area contributed by atoms with E-state index in [1.165, 1.54) is 0 Å². The second kappa shape index (κ2) is 8.01. The molecule has 154 valence electrons. The summed E-state index contributed by atoms with van der Waals surface area (Å²) in [6.45, 7) is 6.56. The predicted octanol–water partition coefficient (Wildman–Crippen LogP) is 3.35. The number of β-amino-alcohol motifs (C(OH)–C–C–N with tert-alkyl or cyclic N) is 1. The number of hydrogen-bond donors (Lipinski definition) is 2. The maximum Gasteiger partial charge on any atom is 0.325 e. The smallest absolute Gasteiger partial charge is 0.325 e. The van der Waals surface area contributed by atoms with Gasteiger partial charge in [0.25, 0.3) is 5.91 Å². The summed E-state index contributed by atoms with van der Waals surface area (Å²) in [7, 11) is 0. The summed E-state index contributed by atoms with van der Waals surface area (Å²) in [6.07, 6.45) is 1.32. The summed E-state index contributed by atoms with van der Waals surface area (Å²) in [6, 6.07) is 6.89. The number of aliphatic hydroxyl groups is 1. The van der Waals surface area contributed by atoms with Gasteiger partial charge in [0.15, 0.2) is 0 Å². The van der Waals surface area contributed by atoms with E-state index >= 15 is 0 Å². The van der Waals surface area contributed by atoms with E-state index in [0.717, 1.165) is 16.9 Å². The molecule has 3 atom stereocenters. The summed E-state index contributed by atoms with van der Waals surface area (Å²) in [5.74, 6) is 0.110. The van der Waals surface area contributed by atoms with Gasteiger partial charge in [-0.1, -0.05) is 50.6 Å². The van der Waals surface area contributed by atoms with Gasteiger partial charge in [-0.15, -0.1) is 0 Å². The lowest BCUT2D eigenvalue weighted by Gasteiger charge is -2.43. The number of urea groups is 1. The van der Waals surface area contributed by atoms with Crippen molar-refractivity contribution in [3.8, 4) is 0 Å². The molecule has 1 saturated carbocycles. The second-order valence-corrected chi connectivity index (χ2v) is 9.45. The number of imide groups is 1. The SMILES string of the molecule is C[C@@H]1CC(C)(C)C[C@@]2(C1)NC(=O)N(C[C@H](O)COCc1ccccc1Cl)C2=O. The van der Waals surface area contributed by atoms with E-state index in [-0.39, 0.29) is 31.1 Å². The summed E-state index contributed by atoms with van der Waals surface area (Å²) in [5, 5.41) is 13.8. The minimum atomic E-state index is -0.957. The molecular weight excluding hydrogens is 380 g/mol. The van der Waals surface area contributed by atoms with Gasteiger partial charge in [0, 0.05) is 5.02 Å². The average Bonchev–Trinajstić information content (AvgIpc) is 2.78. The zero-order valence-electron chi connectivity index (χ0n) is 16.7. The Hall–Kier alpha value is -1.63. The van der Waals surface area contributed by atoms with Crippen LogP contribution in [0.2, 0.25) is 5.02 Å². The number of benzene rings is 1. The molecule has 3 rings (SSSR count). The summed E-state index contributed by atoms with van der Waals surface area (Å²) in [5.41, 5.74) is -0.0484. The number of nitrogens with one attached hydrogen (secondary N) is 1. The first-order valence-corrected chi connectivity index (χ1v) is 10.1. The van der Waals surface area contributed by atoms with Crippen LogP contribution in [-0.4, -0.2) is 46.7 Å². The average molecular weight is 409 g/mol. The molecule has 2 fully saturated rings. The number of halogens is 1. The molecule has 28 heavy (non-hydrogen) atoms. The lowest BCUT2D eigenvalue weighted by Crippen LogP contribution is -2.54. The lowest BCUT2D eigenvalue weighted by atomic mass is 9.64. The van der Waals surface area contributed by atoms with Gasteiger partial charge in [0.1, 0.15) is 5.54 Å². The number of aliphatic hydroxyl groups excluding tert-OH is 1. The molecule has 0 radical (unpaired) electrons. The van der Waals surface area contributed by atoms with Gasteiger partial charge in [-0.05, 0) is 42.2 Å². The summed E-state index contributed by atoms with van der Waals surface area (Å²) in [4.78, 5) is 26.7.